The zero-order chi connectivity index (χ0) is 17.3. The lowest BCUT2D eigenvalue weighted by molar-refractivity contribution is -0.143. The number of amides is 2. The van der Waals surface area contributed by atoms with Crippen LogP contribution in [-0.4, -0.2) is 35.1 Å². The molecule has 1 heterocycles. The number of piperidine rings is 1. The summed E-state index contributed by atoms with van der Waals surface area (Å²) in [5, 5.41) is 12.1. The number of carboxylic acids is 1. The molecular weight excluding hydrogens is 311 g/mol. The number of likely N-dealkylation sites (tertiary alicyclic amines) is 1. The molecule has 1 saturated carbocycles. The second-order valence-electron chi connectivity index (χ2n) is 6.87. The van der Waals surface area contributed by atoms with Crippen molar-refractivity contribution >= 4 is 12.0 Å². The lowest BCUT2D eigenvalue weighted by Gasteiger charge is -2.32. The van der Waals surface area contributed by atoms with Gasteiger partial charge in [-0.3, -0.25) is 4.79 Å². The smallest absolute Gasteiger partial charge is 0.317 e. The number of urea groups is 1. The molecule has 0 spiro atoms. The summed E-state index contributed by atoms with van der Waals surface area (Å²) < 4.78 is 13.5. The van der Waals surface area contributed by atoms with Gasteiger partial charge in [0.1, 0.15) is 5.82 Å². The van der Waals surface area contributed by atoms with Crippen LogP contribution in [0.3, 0.4) is 0 Å². The molecule has 1 saturated heterocycles. The highest BCUT2D eigenvalue weighted by Gasteiger charge is 2.35. The SMILES string of the molecule is Cc1cc(C(NC(=O)N2CCC(C(=O)O)CC2)C2CC2)ccc1F. The van der Waals surface area contributed by atoms with Crippen LogP contribution in [0.1, 0.15) is 42.9 Å². The van der Waals surface area contributed by atoms with Crippen LogP contribution < -0.4 is 5.32 Å². The van der Waals surface area contributed by atoms with Gasteiger partial charge in [-0.15, -0.1) is 0 Å². The average Bonchev–Trinajstić information content (AvgIpc) is 3.40. The van der Waals surface area contributed by atoms with E-state index in [1.807, 2.05) is 0 Å². The Bertz CT molecular complexity index is 637. The third kappa shape index (κ3) is 3.68. The van der Waals surface area contributed by atoms with Gasteiger partial charge in [0, 0.05) is 13.1 Å². The molecule has 2 fully saturated rings. The third-order valence-electron chi connectivity index (χ3n) is 5.04. The molecule has 3 rings (SSSR count). The van der Waals surface area contributed by atoms with Crippen LogP contribution in [0.2, 0.25) is 0 Å². The highest BCUT2D eigenvalue weighted by molar-refractivity contribution is 5.76. The number of halogens is 1. The third-order valence-corrected chi connectivity index (χ3v) is 5.04. The Hall–Kier alpha value is -2.11. The minimum atomic E-state index is -0.785. The minimum absolute atomic E-state index is 0.103. The molecule has 1 unspecified atom stereocenters. The zero-order valence-corrected chi connectivity index (χ0v) is 13.8. The number of carboxylic acid groups (broad SMARTS) is 1. The first-order valence-electron chi connectivity index (χ1n) is 8.50. The molecule has 1 aliphatic heterocycles. The molecule has 1 aromatic rings. The van der Waals surface area contributed by atoms with Gasteiger partial charge in [-0.05, 0) is 55.7 Å². The summed E-state index contributed by atoms with van der Waals surface area (Å²) in [6.45, 7) is 2.65. The Morgan fingerprint density at radius 1 is 1.25 bits per heavy atom. The Morgan fingerprint density at radius 3 is 2.46 bits per heavy atom. The second kappa shape index (κ2) is 6.79. The van der Waals surface area contributed by atoms with E-state index in [0.717, 1.165) is 18.4 Å². The molecule has 1 atom stereocenters. The van der Waals surface area contributed by atoms with E-state index in [1.54, 1.807) is 24.0 Å². The Labute approximate surface area is 140 Å². The monoisotopic (exact) mass is 334 g/mol. The molecule has 130 valence electrons. The van der Waals surface area contributed by atoms with Gasteiger partial charge in [0.05, 0.1) is 12.0 Å². The first-order valence-corrected chi connectivity index (χ1v) is 8.50. The average molecular weight is 334 g/mol. The van der Waals surface area contributed by atoms with Crippen molar-refractivity contribution in [1.82, 2.24) is 10.2 Å². The van der Waals surface area contributed by atoms with Crippen LogP contribution >= 0.6 is 0 Å². The second-order valence-corrected chi connectivity index (χ2v) is 6.87. The summed E-state index contributed by atoms with van der Waals surface area (Å²) in [6, 6.07) is 4.73. The first kappa shape index (κ1) is 16.7. The van der Waals surface area contributed by atoms with Gasteiger partial charge in [0.2, 0.25) is 0 Å². The number of carbonyl (C=O) groups is 2. The normalized spacial score (nSPS) is 19.8. The van der Waals surface area contributed by atoms with Crippen LogP contribution in [0.15, 0.2) is 18.2 Å². The molecule has 5 nitrogen and oxygen atoms in total. The van der Waals surface area contributed by atoms with Crippen molar-refractivity contribution in [1.29, 1.82) is 0 Å². The van der Waals surface area contributed by atoms with Gasteiger partial charge < -0.3 is 15.3 Å². The fourth-order valence-electron chi connectivity index (χ4n) is 3.32. The molecule has 1 aliphatic carbocycles. The highest BCUT2D eigenvalue weighted by Crippen LogP contribution is 2.41. The molecule has 24 heavy (non-hydrogen) atoms. The maximum atomic E-state index is 13.5. The van der Waals surface area contributed by atoms with Crippen LogP contribution in [0.4, 0.5) is 9.18 Å². The van der Waals surface area contributed by atoms with E-state index in [0.29, 0.717) is 37.4 Å². The standard InChI is InChI=1S/C18H23FN2O3/c1-11-10-14(4-5-15(11)19)16(12-2-3-12)20-18(24)21-8-6-13(7-9-21)17(22)23/h4-5,10,12-13,16H,2-3,6-9H2,1H3,(H,20,24)(H,22,23). The summed E-state index contributed by atoms with van der Waals surface area (Å²) in [5.41, 5.74) is 1.51. The van der Waals surface area contributed by atoms with Crippen LogP contribution in [-0.2, 0) is 4.79 Å². The molecule has 2 N–H and O–H groups in total. The lowest BCUT2D eigenvalue weighted by atomic mass is 9.97. The van der Waals surface area contributed by atoms with Gasteiger partial charge in [-0.2, -0.15) is 0 Å². The van der Waals surface area contributed by atoms with Gasteiger partial charge in [0.25, 0.3) is 0 Å². The highest BCUT2D eigenvalue weighted by atomic mass is 19.1. The Morgan fingerprint density at radius 2 is 1.92 bits per heavy atom. The number of nitrogens with one attached hydrogen (secondary N) is 1. The largest absolute Gasteiger partial charge is 0.481 e. The molecule has 2 aliphatic rings. The van der Waals surface area contributed by atoms with E-state index >= 15 is 0 Å². The van der Waals surface area contributed by atoms with Crippen LogP contribution in [0, 0.1) is 24.6 Å². The van der Waals surface area contributed by atoms with Crippen molar-refractivity contribution < 1.29 is 19.1 Å². The van der Waals surface area contributed by atoms with Crippen molar-refractivity contribution in [3.63, 3.8) is 0 Å². The molecule has 6 heteroatoms. The zero-order valence-electron chi connectivity index (χ0n) is 13.8. The topological polar surface area (TPSA) is 69.6 Å². The number of nitrogens with zero attached hydrogens (tertiary/aromatic N) is 1. The maximum Gasteiger partial charge on any atom is 0.317 e. The van der Waals surface area contributed by atoms with Crippen LogP contribution in [0.5, 0.6) is 0 Å². The number of benzene rings is 1. The van der Waals surface area contributed by atoms with Gasteiger partial charge in [-0.25, -0.2) is 9.18 Å². The van der Waals surface area contributed by atoms with Crippen molar-refractivity contribution in [2.45, 2.75) is 38.6 Å². The van der Waals surface area contributed by atoms with Crippen molar-refractivity contribution in [3.05, 3.63) is 35.1 Å². The van der Waals surface area contributed by atoms with Crippen molar-refractivity contribution in [2.24, 2.45) is 11.8 Å². The van der Waals surface area contributed by atoms with Gasteiger partial charge in [0.15, 0.2) is 0 Å². The summed E-state index contributed by atoms with van der Waals surface area (Å²) >= 11 is 0. The number of hydrogen-bond donors (Lipinski definition) is 2. The lowest BCUT2D eigenvalue weighted by Crippen LogP contribution is -2.46. The summed E-state index contributed by atoms with van der Waals surface area (Å²) in [5.74, 6) is -0.980. The van der Waals surface area contributed by atoms with E-state index in [1.165, 1.54) is 6.07 Å². The molecule has 0 radical (unpaired) electrons. The molecule has 1 aromatic carbocycles. The molecule has 2 amide bonds. The molecule has 0 bridgehead atoms. The molecular formula is C18H23FN2O3. The van der Waals surface area contributed by atoms with Crippen molar-refractivity contribution in [3.8, 4) is 0 Å². The number of aryl methyl sites for hydroxylation is 1. The quantitative estimate of drug-likeness (QED) is 0.889. The fourth-order valence-corrected chi connectivity index (χ4v) is 3.32. The summed E-state index contributed by atoms with van der Waals surface area (Å²) in [4.78, 5) is 25.2. The van der Waals surface area contributed by atoms with Crippen molar-refractivity contribution in [2.75, 3.05) is 13.1 Å². The summed E-state index contributed by atoms with van der Waals surface area (Å²) in [7, 11) is 0. The van der Waals surface area contributed by atoms with E-state index < -0.39 is 5.97 Å². The molecule has 0 aromatic heterocycles. The number of carbonyl (C=O) groups excluding carboxylic acids is 1. The van der Waals surface area contributed by atoms with E-state index in [4.69, 9.17) is 5.11 Å². The fraction of sp³-hybridized carbons (Fsp3) is 0.556. The summed E-state index contributed by atoms with van der Waals surface area (Å²) in [6.07, 6.45) is 3.10. The van der Waals surface area contributed by atoms with E-state index in [-0.39, 0.29) is 23.8 Å². The van der Waals surface area contributed by atoms with Crippen LogP contribution in [0.25, 0.3) is 0 Å². The van der Waals surface area contributed by atoms with Gasteiger partial charge >= 0.3 is 12.0 Å². The van der Waals surface area contributed by atoms with Gasteiger partial charge in [-0.1, -0.05) is 12.1 Å². The van der Waals surface area contributed by atoms with E-state index in [2.05, 4.69) is 5.32 Å². The first-order chi connectivity index (χ1) is 11.5. The number of hydrogen-bond acceptors (Lipinski definition) is 2. The number of rotatable bonds is 4. The predicted molar refractivity (Wildman–Crippen MR) is 87.1 cm³/mol. The predicted octanol–water partition coefficient (Wildman–Crippen LogP) is 3.09. The Balaban J connectivity index is 1.65. The number of aliphatic carboxylic acids is 1. The minimum Gasteiger partial charge on any atom is -0.481 e. The Kier molecular flexibility index (Phi) is 4.73. The van der Waals surface area contributed by atoms with E-state index in [9.17, 15) is 14.0 Å². The maximum absolute atomic E-state index is 13.5.